The summed E-state index contributed by atoms with van der Waals surface area (Å²) in [6, 6.07) is 7.85. The number of rotatable bonds is 4. The second kappa shape index (κ2) is 5.05. The van der Waals surface area contributed by atoms with Crippen LogP contribution in [0.15, 0.2) is 29.2 Å². The summed E-state index contributed by atoms with van der Waals surface area (Å²) in [6.07, 6.45) is 0.647. The van der Waals surface area contributed by atoms with Crippen molar-refractivity contribution in [1.29, 1.82) is 0 Å². The van der Waals surface area contributed by atoms with Crippen molar-refractivity contribution in [2.45, 2.75) is 30.4 Å². The smallest absolute Gasteiger partial charge is 0.316 e. The van der Waals surface area contributed by atoms with Gasteiger partial charge in [0.1, 0.15) is 5.25 Å². The Morgan fingerprint density at radius 1 is 1.50 bits per heavy atom. The summed E-state index contributed by atoms with van der Waals surface area (Å²) < 4.78 is 0. The molecule has 0 amide bonds. The van der Waals surface area contributed by atoms with Crippen molar-refractivity contribution in [3.8, 4) is 0 Å². The molecule has 0 aliphatic rings. The molecule has 0 spiro atoms. The summed E-state index contributed by atoms with van der Waals surface area (Å²) in [6.45, 7) is 3.89. The number of carboxylic acids is 1. The Morgan fingerprint density at radius 3 is 2.64 bits per heavy atom. The van der Waals surface area contributed by atoms with E-state index in [2.05, 4.69) is 0 Å². The monoisotopic (exact) mass is 210 g/mol. The van der Waals surface area contributed by atoms with E-state index in [1.165, 1.54) is 11.8 Å². The molecular formula is C11H14O2S. The summed E-state index contributed by atoms with van der Waals surface area (Å²) in [7, 11) is 0. The zero-order chi connectivity index (χ0) is 10.6. The first kappa shape index (κ1) is 11.1. The fourth-order valence-electron chi connectivity index (χ4n) is 1.15. The van der Waals surface area contributed by atoms with Gasteiger partial charge in [-0.05, 0) is 25.0 Å². The summed E-state index contributed by atoms with van der Waals surface area (Å²) in [5.74, 6) is -0.735. The van der Waals surface area contributed by atoms with Crippen LogP contribution in [0.1, 0.15) is 18.9 Å². The van der Waals surface area contributed by atoms with Gasteiger partial charge in [0.2, 0.25) is 0 Å². The third kappa shape index (κ3) is 2.77. The van der Waals surface area contributed by atoms with E-state index in [1.54, 1.807) is 0 Å². The third-order valence-corrected chi connectivity index (χ3v) is 3.54. The van der Waals surface area contributed by atoms with Gasteiger partial charge in [0.25, 0.3) is 0 Å². The molecule has 3 heteroatoms. The van der Waals surface area contributed by atoms with Crippen molar-refractivity contribution in [1.82, 2.24) is 0 Å². The lowest BCUT2D eigenvalue weighted by atomic mass is 10.2. The van der Waals surface area contributed by atoms with Crippen LogP contribution in [-0.4, -0.2) is 16.3 Å². The van der Waals surface area contributed by atoms with Crippen LogP contribution in [0.4, 0.5) is 0 Å². The zero-order valence-electron chi connectivity index (χ0n) is 8.36. The van der Waals surface area contributed by atoms with Gasteiger partial charge in [-0.1, -0.05) is 25.1 Å². The van der Waals surface area contributed by atoms with E-state index in [0.717, 1.165) is 10.5 Å². The average Bonchev–Trinajstić information content (AvgIpc) is 2.16. The van der Waals surface area contributed by atoms with Crippen molar-refractivity contribution >= 4 is 17.7 Å². The first-order chi connectivity index (χ1) is 6.65. The fourth-order valence-corrected chi connectivity index (χ4v) is 2.14. The van der Waals surface area contributed by atoms with Gasteiger partial charge < -0.3 is 5.11 Å². The van der Waals surface area contributed by atoms with Crippen molar-refractivity contribution in [2.24, 2.45) is 0 Å². The van der Waals surface area contributed by atoms with Crippen LogP contribution in [0.2, 0.25) is 0 Å². The highest BCUT2D eigenvalue weighted by Gasteiger charge is 2.16. The molecule has 2 nitrogen and oxygen atoms in total. The zero-order valence-corrected chi connectivity index (χ0v) is 9.17. The molecule has 1 aromatic rings. The minimum absolute atomic E-state index is 0.337. The summed E-state index contributed by atoms with van der Waals surface area (Å²) >= 11 is 1.42. The minimum atomic E-state index is -0.735. The summed E-state index contributed by atoms with van der Waals surface area (Å²) in [5, 5.41) is 8.57. The van der Waals surface area contributed by atoms with E-state index < -0.39 is 5.97 Å². The Bertz CT molecular complexity index is 323. The van der Waals surface area contributed by atoms with Crippen molar-refractivity contribution in [3.63, 3.8) is 0 Å². The second-order valence-electron chi connectivity index (χ2n) is 3.12. The van der Waals surface area contributed by atoms with Crippen LogP contribution in [0.5, 0.6) is 0 Å². The lowest BCUT2D eigenvalue weighted by Gasteiger charge is -2.10. The number of hydrogen-bond acceptors (Lipinski definition) is 2. The molecule has 0 fully saturated rings. The van der Waals surface area contributed by atoms with Crippen LogP contribution in [0.3, 0.4) is 0 Å². The van der Waals surface area contributed by atoms with Gasteiger partial charge in [-0.15, -0.1) is 11.8 Å². The largest absolute Gasteiger partial charge is 0.480 e. The maximum Gasteiger partial charge on any atom is 0.316 e. The van der Waals surface area contributed by atoms with Gasteiger partial charge in [-0.25, -0.2) is 0 Å². The Morgan fingerprint density at radius 2 is 2.14 bits per heavy atom. The molecule has 0 aliphatic heterocycles. The highest BCUT2D eigenvalue weighted by atomic mass is 32.2. The molecule has 0 saturated carbocycles. The lowest BCUT2D eigenvalue weighted by molar-refractivity contribution is -0.136. The molecule has 1 aromatic carbocycles. The van der Waals surface area contributed by atoms with Crippen LogP contribution in [-0.2, 0) is 4.79 Å². The number of thioether (sulfide) groups is 1. The fraction of sp³-hybridized carbons (Fsp3) is 0.364. The number of aryl methyl sites for hydroxylation is 1. The Labute approximate surface area is 88.3 Å². The van der Waals surface area contributed by atoms with Gasteiger partial charge in [-0.2, -0.15) is 0 Å². The van der Waals surface area contributed by atoms with Gasteiger partial charge in [0.05, 0.1) is 0 Å². The predicted octanol–water partition coefficient (Wildman–Crippen LogP) is 2.95. The maximum atomic E-state index is 10.8. The normalized spacial score (nSPS) is 12.4. The van der Waals surface area contributed by atoms with Crippen LogP contribution >= 0.6 is 11.8 Å². The molecule has 0 radical (unpaired) electrons. The van der Waals surface area contributed by atoms with Crippen molar-refractivity contribution in [2.75, 3.05) is 0 Å². The Balaban J connectivity index is 2.77. The molecule has 76 valence electrons. The second-order valence-corrected chi connectivity index (χ2v) is 4.36. The van der Waals surface area contributed by atoms with E-state index in [0.29, 0.717) is 6.42 Å². The number of aliphatic carboxylic acids is 1. The van der Waals surface area contributed by atoms with Crippen LogP contribution < -0.4 is 0 Å². The maximum absolute atomic E-state index is 10.8. The van der Waals surface area contributed by atoms with Gasteiger partial charge in [-0.3, -0.25) is 4.79 Å². The summed E-state index contributed by atoms with van der Waals surface area (Å²) in [4.78, 5) is 11.9. The predicted molar refractivity (Wildman–Crippen MR) is 58.8 cm³/mol. The molecular weight excluding hydrogens is 196 g/mol. The molecule has 0 heterocycles. The third-order valence-electron chi connectivity index (χ3n) is 2.01. The van der Waals surface area contributed by atoms with Gasteiger partial charge in [0.15, 0.2) is 0 Å². The first-order valence-corrected chi connectivity index (χ1v) is 5.48. The highest BCUT2D eigenvalue weighted by molar-refractivity contribution is 8.00. The number of carbonyl (C=O) groups is 1. The van der Waals surface area contributed by atoms with Crippen LogP contribution in [0.25, 0.3) is 0 Å². The molecule has 0 bridgehead atoms. The van der Waals surface area contributed by atoms with Crippen LogP contribution in [0, 0.1) is 6.92 Å². The van der Waals surface area contributed by atoms with Gasteiger partial charge in [0, 0.05) is 4.90 Å². The number of hydrogen-bond donors (Lipinski definition) is 1. The van der Waals surface area contributed by atoms with Crippen molar-refractivity contribution in [3.05, 3.63) is 29.8 Å². The molecule has 1 rings (SSSR count). The van der Waals surface area contributed by atoms with E-state index in [-0.39, 0.29) is 5.25 Å². The molecule has 0 aliphatic carbocycles. The number of benzene rings is 1. The molecule has 14 heavy (non-hydrogen) atoms. The molecule has 0 aromatic heterocycles. The lowest BCUT2D eigenvalue weighted by Crippen LogP contribution is -2.14. The Hall–Kier alpha value is -0.960. The quantitative estimate of drug-likeness (QED) is 0.776. The Kier molecular flexibility index (Phi) is 4.01. The first-order valence-electron chi connectivity index (χ1n) is 4.60. The summed E-state index contributed by atoms with van der Waals surface area (Å²) in [5.41, 5.74) is 1.14. The van der Waals surface area contributed by atoms with E-state index in [4.69, 9.17) is 5.11 Å². The van der Waals surface area contributed by atoms with E-state index >= 15 is 0 Å². The molecule has 0 saturated heterocycles. The molecule has 1 unspecified atom stereocenters. The van der Waals surface area contributed by atoms with E-state index in [1.807, 2.05) is 38.1 Å². The number of carboxylic acid groups (broad SMARTS) is 1. The average molecular weight is 210 g/mol. The minimum Gasteiger partial charge on any atom is -0.480 e. The van der Waals surface area contributed by atoms with Gasteiger partial charge >= 0.3 is 5.97 Å². The van der Waals surface area contributed by atoms with E-state index in [9.17, 15) is 4.79 Å². The SMILES string of the molecule is CCC(Sc1ccccc1C)C(=O)O. The topological polar surface area (TPSA) is 37.3 Å². The standard InChI is InChI=1S/C11H14O2S/c1-3-9(11(12)13)14-10-7-5-4-6-8(10)2/h4-7,9H,3H2,1-2H3,(H,12,13). The molecule has 1 atom stereocenters. The molecule has 1 N–H and O–H groups in total. The van der Waals surface area contributed by atoms with Crippen molar-refractivity contribution < 1.29 is 9.90 Å². The highest BCUT2D eigenvalue weighted by Crippen LogP contribution is 2.28.